The molecule has 0 fully saturated rings. The Morgan fingerprint density at radius 1 is 0.933 bits per heavy atom. The van der Waals surface area contributed by atoms with E-state index in [9.17, 15) is 0 Å². The van der Waals surface area contributed by atoms with Gasteiger partial charge in [-0.05, 0) is 33.8 Å². The number of thiophene rings is 1. The average molecular weight is 222 g/mol. The average Bonchev–Trinajstić information content (AvgIpc) is 2.56. The van der Waals surface area contributed by atoms with Gasteiger partial charge in [-0.1, -0.05) is 41.5 Å². The summed E-state index contributed by atoms with van der Waals surface area (Å²) in [7, 11) is 0. The van der Waals surface area contributed by atoms with Gasteiger partial charge in [0, 0.05) is 10.8 Å². The highest BCUT2D eigenvalue weighted by Crippen LogP contribution is 2.59. The number of hydrogen-bond acceptors (Lipinski definition) is 1. The zero-order valence-corrected chi connectivity index (χ0v) is 11.5. The normalized spacial score (nSPS) is 26.0. The summed E-state index contributed by atoms with van der Waals surface area (Å²) in [5.41, 5.74) is 2.33. The summed E-state index contributed by atoms with van der Waals surface area (Å²) in [4.78, 5) is 1.59. The van der Waals surface area contributed by atoms with Crippen molar-refractivity contribution in [2.75, 3.05) is 0 Å². The molecule has 0 aliphatic heterocycles. The summed E-state index contributed by atoms with van der Waals surface area (Å²) < 4.78 is 0. The predicted molar refractivity (Wildman–Crippen MR) is 68.7 cm³/mol. The topological polar surface area (TPSA) is 0 Å². The van der Waals surface area contributed by atoms with Crippen LogP contribution in [-0.2, 0) is 0 Å². The molecule has 0 N–H and O–H groups in total. The highest BCUT2D eigenvalue weighted by molar-refractivity contribution is 7.10. The SMILES string of the molecule is CC(C)(C)C1c2csc(c2)C1C(C)(C)C. The molecule has 1 aliphatic rings. The van der Waals surface area contributed by atoms with E-state index in [-0.39, 0.29) is 0 Å². The molecule has 2 unspecified atom stereocenters. The van der Waals surface area contributed by atoms with Gasteiger partial charge in [0.2, 0.25) is 0 Å². The van der Waals surface area contributed by atoms with Gasteiger partial charge in [-0.3, -0.25) is 0 Å². The molecule has 2 bridgehead atoms. The smallest absolute Gasteiger partial charge is 0.00906 e. The molecule has 1 heterocycles. The molecule has 0 saturated heterocycles. The maximum atomic E-state index is 2.43. The quantitative estimate of drug-likeness (QED) is 0.578. The van der Waals surface area contributed by atoms with Crippen LogP contribution in [0.5, 0.6) is 0 Å². The summed E-state index contributed by atoms with van der Waals surface area (Å²) in [6, 6.07) is 2.43. The third-order valence-corrected chi connectivity index (χ3v) is 4.54. The predicted octanol–water partition coefficient (Wildman–Crippen LogP) is 5.02. The van der Waals surface area contributed by atoms with Gasteiger partial charge in [0.15, 0.2) is 0 Å². The maximum Gasteiger partial charge on any atom is 0.00906 e. The highest BCUT2D eigenvalue weighted by Gasteiger charge is 2.45. The van der Waals surface area contributed by atoms with E-state index in [1.54, 1.807) is 10.4 Å². The van der Waals surface area contributed by atoms with Crippen molar-refractivity contribution in [2.45, 2.75) is 53.4 Å². The fraction of sp³-hybridized carbons (Fsp3) is 0.714. The van der Waals surface area contributed by atoms with E-state index in [0.29, 0.717) is 16.7 Å². The summed E-state index contributed by atoms with van der Waals surface area (Å²) >= 11 is 1.95. The first kappa shape index (κ1) is 11.2. The van der Waals surface area contributed by atoms with Crippen LogP contribution in [0.2, 0.25) is 0 Å². The fourth-order valence-corrected chi connectivity index (χ4v) is 4.31. The van der Waals surface area contributed by atoms with Crippen molar-refractivity contribution in [1.82, 2.24) is 0 Å². The first-order valence-electron chi connectivity index (χ1n) is 5.79. The van der Waals surface area contributed by atoms with E-state index in [1.165, 1.54) is 0 Å². The lowest BCUT2D eigenvalue weighted by atomic mass is 9.65. The van der Waals surface area contributed by atoms with Crippen molar-refractivity contribution >= 4 is 11.3 Å². The van der Waals surface area contributed by atoms with Gasteiger partial charge in [-0.25, -0.2) is 0 Å². The van der Waals surface area contributed by atoms with Crippen LogP contribution in [0, 0.1) is 10.8 Å². The Bertz CT molecular complexity index is 325. The highest BCUT2D eigenvalue weighted by atomic mass is 32.1. The van der Waals surface area contributed by atoms with E-state index in [1.807, 2.05) is 11.3 Å². The molecular weight excluding hydrogens is 200 g/mol. The molecule has 1 aromatic heterocycles. The fourth-order valence-electron chi connectivity index (χ4n) is 2.98. The van der Waals surface area contributed by atoms with Gasteiger partial charge in [0.05, 0.1) is 0 Å². The molecule has 2 rings (SSSR count). The minimum absolute atomic E-state index is 0.378. The second kappa shape index (κ2) is 3.10. The van der Waals surface area contributed by atoms with Gasteiger partial charge in [0.25, 0.3) is 0 Å². The molecule has 0 amide bonds. The van der Waals surface area contributed by atoms with Crippen molar-refractivity contribution in [1.29, 1.82) is 0 Å². The molecule has 0 nitrogen and oxygen atoms in total. The van der Waals surface area contributed by atoms with Crippen molar-refractivity contribution < 1.29 is 0 Å². The Morgan fingerprint density at radius 3 is 1.87 bits per heavy atom. The zero-order chi connectivity index (χ0) is 11.4. The molecule has 2 atom stereocenters. The lowest BCUT2D eigenvalue weighted by Gasteiger charge is -2.41. The molecule has 0 radical (unpaired) electrons. The Kier molecular flexibility index (Phi) is 2.31. The molecule has 1 heteroatoms. The van der Waals surface area contributed by atoms with E-state index in [4.69, 9.17) is 0 Å². The maximum absolute atomic E-state index is 2.43. The van der Waals surface area contributed by atoms with Crippen LogP contribution >= 0.6 is 11.3 Å². The number of fused-ring (bicyclic) bond motifs is 2. The van der Waals surface area contributed by atoms with Gasteiger partial charge >= 0.3 is 0 Å². The summed E-state index contributed by atoms with van der Waals surface area (Å²) in [6.45, 7) is 14.2. The standard InChI is InChI=1S/C14H22S/c1-13(2,3)11-9-7-10(15-8-9)12(11)14(4,5)6/h7-8,11-12H,1-6H3. The summed E-state index contributed by atoms with van der Waals surface area (Å²) in [5, 5.41) is 2.35. The van der Waals surface area contributed by atoms with Gasteiger partial charge in [0.1, 0.15) is 0 Å². The number of rotatable bonds is 0. The van der Waals surface area contributed by atoms with Crippen molar-refractivity contribution in [3.05, 3.63) is 21.9 Å². The molecule has 0 saturated carbocycles. The first-order chi connectivity index (χ1) is 6.71. The molecule has 0 aromatic carbocycles. The Hall–Kier alpha value is -0.300. The Morgan fingerprint density at radius 2 is 1.47 bits per heavy atom. The molecule has 0 spiro atoms. The Balaban J connectivity index is 2.43. The molecular formula is C14H22S. The molecule has 1 aliphatic carbocycles. The van der Waals surface area contributed by atoms with Crippen LogP contribution in [0.15, 0.2) is 11.4 Å². The third-order valence-electron chi connectivity index (χ3n) is 3.51. The Labute approximate surface area is 97.7 Å². The van der Waals surface area contributed by atoms with Gasteiger partial charge < -0.3 is 0 Å². The van der Waals surface area contributed by atoms with Crippen LogP contribution < -0.4 is 0 Å². The van der Waals surface area contributed by atoms with Crippen LogP contribution in [-0.4, -0.2) is 0 Å². The second-order valence-corrected chi connectivity index (χ2v) is 7.91. The van der Waals surface area contributed by atoms with E-state index in [0.717, 1.165) is 5.92 Å². The lowest BCUT2D eigenvalue weighted by Crippen LogP contribution is -2.30. The van der Waals surface area contributed by atoms with Crippen molar-refractivity contribution in [2.24, 2.45) is 10.8 Å². The lowest BCUT2D eigenvalue weighted by molar-refractivity contribution is 0.197. The van der Waals surface area contributed by atoms with Crippen LogP contribution in [0.1, 0.15) is 63.8 Å². The minimum Gasteiger partial charge on any atom is -0.148 e. The molecule has 1 aromatic rings. The third kappa shape index (κ3) is 1.75. The van der Waals surface area contributed by atoms with Crippen LogP contribution in [0.3, 0.4) is 0 Å². The van der Waals surface area contributed by atoms with Crippen LogP contribution in [0.25, 0.3) is 0 Å². The summed E-state index contributed by atoms with van der Waals surface area (Å²) in [6.07, 6.45) is 0. The van der Waals surface area contributed by atoms with Crippen LogP contribution in [0.4, 0.5) is 0 Å². The number of hydrogen-bond donors (Lipinski definition) is 0. The monoisotopic (exact) mass is 222 g/mol. The van der Waals surface area contributed by atoms with E-state index in [2.05, 4.69) is 53.0 Å². The zero-order valence-electron chi connectivity index (χ0n) is 10.7. The largest absolute Gasteiger partial charge is 0.148 e. The van der Waals surface area contributed by atoms with Crippen molar-refractivity contribution in [3.8, 4) is 0 Å². The summed E-state index contributed by atoms with van der Waals surface area (Å²) in [5.74, 6) is 1.44. The second-order valence-electron chi connectivity index (χ2n) is 6.97. The van der Waals surface area contributed by atoms with Crippen molar-refractivity contribution in [3.63, 3.8) is 0 Å². The van der Waals surface area contributed by atoms with E-state index >= 15 is 0 Å². The first-order valence-corrected chi connectivity index (χ1v) is 6.67. The molecule has 84 valence electrons. The van der Waals surface area contributed by atoms with E-state index < -0.39 is 0 Å². The van der Waals surface area contributed by atoms with Gasteiger partial charge in [-0.15, -0.1) is 11.3 Å². The van der Waals surface area contributed by atoms with Gasteiger partial charge in [-0.2, -0.15) is 0 Å². The minimum atomic E-state index is 0.378. The molecule has 15 heavy (non-hydrogen) atoms.